The molecule has 2 rings (SSSR count). The molecule has 0 saturated heterocycles. The second kappa shape index (κ2) is 6.56. The Labute approximate surface area is 125 Å². The summed E-state index contributed by atoms with van der Waals surface area (Å²) in [5, 5.41) is 2.96. The monoisotopic (exact) mass is 337 g/mol. The van der Waals surface area contributed by atoms with E-state index in [2.05, 4.69) is 31.2 Å². The summed E-state index contributed by atoms with van der Waals surface area (Å²) in [4.78, 5) is 19.4. The van der Waals surface area contributed by atoms with E-state index in [0.29, 0.717) is 11.3 Å². The molecule has 0 saturated carbocycles. The lowest BCUT2D eigenvalue weighted by atomic mass is 10.1. The maximum atomic E-state index is 12.2. The molecule has 0 fully saturated rings. The van der Waals surface area contributed by atoms with E-state index in [-0.39, 0.29) is 11.9 Å². The summed E-state index contributed by atoms with van der Waals surface area (Å²) in [7, 11) is 1.59. The third kappa shape index (κ3) is 3.19. The molecule has 2 aromatic rings. The number of carbonyl (C=O) groups is 1. The molecule has 20 heavy (non-hydrogen) atoms. The maximum Gasteiger partial charge on any atom is 0.251 e. The Morgan fingerprint density at radius 2 is 2.35 bits per heavy atom. The van der Waals surface area contributed by atoms with Gasteiger partial charge in [0, 0.05) is 18.0 Å². The van der Waals surface area contributed by atoms with E-state index in [1.54, 1.807) is 37.7 Å². The third-order valence-corrected chi connectivity index (χ3v) is 3.60. The smallest absolute Gasteiger partial charge is 0.251 e. The normalized spacial score (nSPS) is 11.9. The molecular formula is C14H16BrN3O2. The highest BCUT2D eigenvalue weighted by Gasteiger charge is 2.16. The molecule has 0 aliphatic rings. The number of nitrogens with one attached hydrogen (secondary N) is 2. The fourth-order valence-electron chi connectivity index (χ4n) is 1.88. The number of amides is 1. The van der Waals surface area contributed by atoms with Crippen molar-refractivity contribution in [1.82, 2.24) is 15.3 Å². The van der Waals surface area contributed by atoms with E-state index in [1.165, 1.54) is 0 Å². The molecule has 2 N–H and O–H groups in total. The van der Waals surface area contributed by atoms with Crippen LogP contribution in [-0.2, 0) is 0 Å². The van der Waals surface area contributed by atoms with Crippen LogP contribution < -0.4 is 10.1 Å². The lowest BCUT2D eigenvalue weighted by Gasteiger charge is -2.15. The van der Waals surface area contributed by atoms with Crippen molar-refractivity contribution in [1.29, 1.82) is 0 Å². The first-order valence-electron chi connectivity index (χ1n) is 6.29. The summed E-state index contributed by atoms with van der Waals surface area (Å²) in [6.45, 7) is 2.00. The fraction of sp³-hybridized carbons (Fsp3) is 0.286. The van der Waals surface area contributed by atoms with Crippen molar-refractivity contribution in [2.24, 2.45) is 0 Å². The molecule has 0 spiro atoms. The summed E-state index contributed by atoms with van der Waals surface area (Å²) >= 11 is 3.37. The Balaban J connectivity index is 2.13. The number of benzene rings is 1. The topological polar surface area (TPSA) is 67.0 Å². The summed E-state index contributed by atoms with van der Waals surface area (Å²) in [6.07, 6.45) is 4.18. The van der Waals surface area contributed by atoms with Crippen molar-refractivity contribution >= 4 is 21.8 Å². The molecule has 1 aromatic heterocycles. The van der Waals surface area contributed by atoms with Crippen molar-refractivity contribution in [2.75, 3.05) is 7.11 Å². The van der Waals surface area contributed by atoms with Gasteiger partial charge in [-0.05, 0) is 40.5 Å². The first kappa shape index (κ1) is 14.6. The van der Waals surface area contributed by atoms with Gasteiger partial charge in [-0.3, -0.25) is 4.79 Å². The van der Waals surface area contributed by atoms with Crippen LogP contribution in [-0.4, -0.2) is 23.0 Å². The minimum atomic E-state index is -0.142. The first-order chi connectivity index (χ1) is 9.65. The van der Waals surface area contributed by atoms with E-state index in [9.17, 15) is 4.79 Å². The standard InChI is InChI=1S/C14H16BrN3O2/c1-3-11(13-16-6-7-17-13)18-14(19)9-4-5-12(20-2)10(15)8-9/h4-8,11H,3H2,1-2H3,(H,16,17)(H,18,19). The lowest BCUT2D eigenvalue weighted by Crippen LogP contribution is -2.28. The summed E-state index contributed by atoms with van der Waals surface area (Å²) in [5.74, 6) is 1.31. The van der Waals surface area contributed by atoms with Crippen LogP contribution in [0.4, 0.5) is 0 Å². The van der Waals surface area contributed by atoms with Gasteiger partial charge in [0.15, 0.2) is 0 Å². The number of halogens is 1. The van der Waals surface area contributed by atoms with Crippen LogP contribution in [0, 0.1) is 0 Å². The number of imidazole rings is 1. The zero-order valence-electron chi connectivity index (χ0n) is 11.3. The van der Waals surface area contributed by atoms with Gasteiger partial charge in [-0.2, -0.15) is 0 Å². The zero-order chi connectivity index (χ0) is 14.5. The van der Waals surface area contributed by atoms with Gasteiger partial charge in [0.1, 0.15) is 11.6 Å². The summed E-state index contributed by atoms with van der Waals surface area (Å²) in [5.41, 5.74) is 0.572. The molecule has 0 bridgehead atoms. The molecule has 0 radical (unpaired) electrons. The predicted octanol–water partition coefficient (Wildman–Crippen LogP) is 3.06. The van der Waals surface area contributed by atoms with Crippen molar-refractivity contribution in [3.05, 3.63) is 46.5 Å². The number of H-pyrrole nitrogens is 1. The van der Waals surface area contributed by atoms with Crippen LogP contribution >= 0.6 is 15.9 Å². The van der Waals surface area contributed by atoms with Gasteiger partial charge in [-0.15, -0.1) is 0 Å². The molecule has 1 unspecified atom stereocenters. The number of aromatic amines is 1. The second-order valence-corrected chi connectivity index (χ2v) is 5.11. The van der Waals surface area contributed by atoms with Crippen molar-refractivity contribution in [2.45, 2.75) is 19.4 Å². The lowest BCUT2D eigenvalue weighted by molar-refractivity contribution is 0.0934. The molecule has 1 atom stereocenters. The minimum absolute atomic E-state index is 0.127. The molecule has 5 nitrogen and oxygen atoms in total. The number of hydrogen-bond acceptors (Lipinski definition) is 3. The highest BCUT2D eigenvalue weighted by molar-refractivity contribution is 9.10. The van der Waals surface area contributed by atoms with Gasteiger partial charge < -0.3 is 15.0 Å². The second-order valence-electron chi connectivity index (χ2n) is 4.26. The number of hydrogen-bond donors (Lipinski definition) is 2. The van der Waals surface area contributed by atoms with E-state index in [4.69, 9.17) is 4.74 Å². The average molecular weight is 338 g/mol. The Hall–Kier alpha value is -1.82. The largest absolute Gasteiger partial charge is 0.496 e. The average Bonchev–Trinajstić information content (AvgIpc) is 2.98. The Morgan fingerprint density at radius 1 is 1.55 bits per heavy atom. The summed E-state index contributed by atoms with van der Waals surface area (Å²) in [6, 6.07) is 5.10. The van der Waals surface area contributed by atoms with Gasteiger partial charge in [0.2, 0.25) is 0 Å². The Kier molecular flexibility index (Phi) is 4.79. The number of rotatable bonds is 5. The molecule has 1 aromatic carbocycles. The van der Waals surface area contributed by atoms with E-state index < -0.39 is 0 Å². The molecule has 0 aliphatic carbocycles. The van der Waals surface area contributed by atoms with Crippen LogP contribution in [0.25, 0.3) is 0 Å². The van der Waals surface area contributed by atoms with E-state index in [1.807, 2.05) is 6.92 Å². The van der Waals surface area contributed by atoms with Crippen LogP contribution in [0.15, 0.2) is 35.1 Å². The van der Waals surface area contributed by atoms with Crippen molar-refractivity contribution in [3.8, 4) is 5.75 Å². The fourth-order valence-corrected chi connectivity index (χ4v) is 2.42. The zero-order valence-corrected chi connectivity index (χ0v) is 12.9. The summed E-state index contributed by atoms with van der Waals surface area (Å²) < 4.78 is 5.90. The molecule has 1 amide bonds. The van der Waals surface area contributed by atoms with Crippen LogP contribution in [0.1, 0.15) is 35.6 Å². The number of aromatic nitrogens is 2. The van der Waals surface area contributed by atoms with Gasteiger partial charge in [0.25, 0.3) is 5.91 Å². The first-order valence-corrected chi connectivity index (χ1v) is 7.08. The van der Waals surface area contributed by atoms with Gasteiger partial charge in [-0.25, -0.2) is 4.98 Å². The SMILES string of the molecule is CCC(NC(=O)c1ccc(OC)c(Br)c1)c1ncc[nH]1. The minimum Gasteiger partial charge on any atom is -0.496 e. The quantitative estimate of drug-likeness (QED) is 0.881. The van der Waals surface area contributed by atoms with Crippen LogP contribution in [0.3, 0.4) is 0 Å². The number of ether oxygens (including phenoxy) is 1. The van der Waals surface area contributed by atoms with E-state index in [0.717, 1.165) is 16.7 Å². The van der Waals surface area contributed by atoms with Gasteiger partial charge >= 0.3 is 0 Å². The van der Waals surface area contributed by atoms with E-state index >= 15 is 0 Å². The van der Waals surface area contributed by atoms with Crippen LogP contribution in [0.5, 0.6) is 5.75 Å². The molecule has 1 heterocycles. The van der Waals surface area contributed by atoms with Gasteiger partial charge in [-0.1, -0.05) is 6.92 Å². The molecule has 0 aliphatic heterocycles. The Morgan fingerprint density at radius 3 is 2.90 bits per heavy atom. The highest BCUT2D eigenvalue weighted by atomic mass is 79.9. The van der Waals surface area contributed by atoms with Crippen LogP contribution in [0.2, 0.25) is 0 Å². The Bertz CT molecular complexity index is 584. The molecule has 106 valence electrons. The highest BCUT2D eigenvalue weighted by Crippen LogP contribution is 2.25. The van der Waals surface area contributed by atoms with Crippen molar-refractivity contribution in [3.63, 3.8) is 0 Å². The third-order valence-electron chi connectivity index (χ3n) is 2.98. The molecule has 6 heteroatoms. The predicted molar refractivity (Wildman–Crippen MR) is 79.8 cm³/mol. The maximum absolute atomic E-state index is 12.2. The number of methoxy groups -OCH3 is 1. The van der Waals surface area contributed by atoms with Crippen molar-refractivity contribution < 1.29 is 9.53 Å². The molecular weight excluding hydrogens is 322 g/mol. The van der Waals surface area contributed by atoms with Gasteiger partial charge in [0.05, 0.1) is 17.6 Å². The number of carbonyl (C=O) groups excluding carboxylic acids is 1. The number of nitrogens with zero attached hydrogens (tertiary/aromatic N) is 1.